The number of carbonyl (C=O) groups excluding carboxylic acids is 1. The van der Waals surface area contributed by atoms with Crippen LogP contribution in [-0.2, 0) is 9.53 Å². The second-order valence-corrected chi connectivity index (χ2v) is 5.02. The first-order valence-electron chi connectivity index (χ1n) is 6.77. The molecule has 1 saturated heterocycles. The van der Waals surface area contributed by atoms with Crippen LogP contribution >= 0.6 is 0 Å². The Bertz CT molecular complexity index is 504. The van der Waals surface area contributed by atoms with Crippen molar-refractivity contribution < 1.29 is 34.7 Å². The fraction of sp³-hybridized carbons (Fsp3) is 0.500. The average Bonchev–Trinajstić information content (AvgIpc) is 2.49. The van der Waals surface area contributed by atoms with Gasteiger partial charge in [0.2, 0.25) is 12.2 Å². The lowest BCUT2D eigenvalue weighted by Crippen LogP contribution is -2.60. The Kier molecular flexibility index (Phi) is 5.33. The van der Waals surface area contributed by atoms with E-state index in [1.165, 1.54) is 6.92 Å². The second-order valence-electron chi connectivity index (χ2n) is 5.02. The van der Waals surface area contributed by atoms with Crippen molar-refractivity contribution in [2.45, 2.75) is 37.6 Å². The molecule has 0 bridgehead atoms. The molecule has 1 aromatic carbocycles. The topological polar surface area (TPSA) is 128 Å². The summed E-state index contributed by atoms with van der Waals surface area (Å²) in [7, 11) is 0. The van der Waals surface area contributed by atoms with Gasteiger partial charge in [-0.2, -0.15) is 0 Å². The molecule has 1 aliphatic rings. The van der Waals surface area contributed by atoms with Crippen molar-refractivity contribution in [1.29, 1.82) is 0 Å². The predicted octanol–water partition coefficient (Wildman–Crippen LogP) is -1.18. The van der Waals surface area contributed by atoms with Crippen LogP contribution in [0.25, 0.3) is 0 Å². The zero-order chi connectivity index (χ0) is 16.3. The Balaban J connectivity index is 2.04. The van der Waals surface area contributed by atoms with Gasteiger partial charge in [0.15, 0.2) is 0 Å². The zero-order valence-electron chi connectivity index (χ0n) is 11.9. The number of hydrogen-bond acceptors (Lipinski definition) is 7. The lowest BCUT2D eigenvalue weighted by atomic mass is 9.99. The highest BCUT2D eigenvalue weighted by atomic mass is 16.7. The number of amides is 1. The molecule has 2 rings (SSSR count). The SMILES string of the molecule is CC(=O)Nc1ccc(O[C@@H]2O[C@H](CO)[C@H](O)[C@H](O)[C@H]2O)cc1. The van der Waals surface area contributed by atoms with Crippen LogP contribution in [0.4, 0.5) is 5.69 Å². The van der Waals surface area contributed by atoms with E-state index < -0.39 is 37.3 Å². The lowest BCUT2D eigenvalue weighted by Gasteiger charge is -2.39. The maximum atomic E-state index is 10.9. The van der Waals surface area contributed by atoms with Gasteiger partial charge in [0.1, 0.15) is 30.2 Å². The van der Waals surface area contributed by atoms with Crippen molar-refractivity contribution >= 4 is 11.6 Å². The van der Waals surface area contributed by atoms with Gasteiger partial charge in [0, 0.05) is 12.6 Å². The maximum Gasteiger partial charge on any atom is 0.229 e. The van der Waals surface area contributed by atoms with E-state index in [2.05, 4.69) is 5.32 Å². The summed E-state index contributed by atoms with van der Waals surface area (Å²) in [5, 5.41) is 40.9. The molecule has 0 aromatic heterocycles. The molecular formula is C14H19NO7. The number of hydrogen-bond donors (Lipinski definition) is 5. The molecule has 0 aliphatic carbocycles. The summed E-state index contributed by atoms with van der Waals surface area (Å²) in [6.07, 6.45) is -6.64. The van der Waals surface area contributed by atoms with Crippen molar-refractivity contribution in [2.24, 2.45) is 0 Å². The molecule has 1 amide bonds. The van der Waals surface area contributed by atoms with Gasteiger partial charge < -0.3 is 35.2 Å². The number of anilines is 1. The minimum absolute atomic E-state index is 0.206. The maximum absolute atomic E-state index is 10.9. The molecule has 1 aromatic rings. The number of aliphatic hydroxyl groups excluding tert-OH is 4. The van der Waals surface area contributed by atoms with E-state index in [1.54, 1.807) is 24.3 Å². The summed E-state index contributed by atoms with van der Waals surface area (Å²) in [6.45, 7) is 0.866. The summed E-state index contributed by atoms with van der Waals surface area (Å²) in [5.74, 6) is 0.126. The van der Waals surface area contributed by atoms with Crippen molar-refractivity contribution in [3.05, 3.63) is 24.3 Å². The number of rotatable bonds is 4. The molecular weight excluding hydrogens is 294 g/mol. The standard InChI is InChI=1S/C14H19NO7/c1-7(17)15-8-2-4-9(5-3-8)21-14-13(20)12(19)11(18)10(6-16)22-14/h2-5,10-14,16,18-20H,6H2,1H3,(H,15,17)/t10-,11+,12+,13-,14-/m1/s1. The number of nitrogens with one attached hydrogen (secondary N) is 1. The average molecular weight is 313 g/mol. The van der Waals surface area contributed by atoms with Crippen LogP contribution in [0.2, 0.25) is 0 Å². The third kappa shape index (κ3) is 3.73. The predicted molar refractivity (Wildman–Crippen MR) is 75.1 cm³/mol. The Morgan fingerprint density at radius 2 is 1.82 bits per heavy atom. The Morgan fingerprint density at radius 1 is 1.18 bits per heavy atom. The zero-order valence-corrected chi connectivity index (χ0v) is 11.9. The first kappa shape index (κ1) is 16.7. The lowest BCUT2D eigenvalue weighted by molar-refractivity contribution is -0.277. The summed E-state index contributed by atoms with van der Waals surface area (Å²) >= 11 is 0. The third-order valence-electron chi connectivity index (χ3n) is 3.28. The first-order valence-corrected chi connectivity index (χ1v) is 6.77. The van der Waals surface area contributed by atoms with Crippen molar-refractivity contribution in [1.82, 2.24) is 0 Å². The first-order chi connectivity index (χ1) is 10.4. The largest absolute Gasteiger partial charge is 0.462 e. The van der Waals surface area contributed by atoms with Crippen LogP contribution in [-0.4, -0.2) is 63.6 Å². The smallest absolute Gasteiger partial charge is 0.229 e. The highest BCUT2D eigenvalue weighted by molar-refractivity contribution is 5.88. The van der Waals surface area contributed by atoms with Gasteiger partial charge >= 0.3 is 0 Å². The van der Waals surface area contributed by atoms with Crippen LogP contribution in [0.15, 0.2) is 24.3 Å². The molecule has 22 heavy (non-hydrogen) atoms. The fourth-order valence-electron chi connectivity index (χ4n) is 2.12. The monoisotopic (exact) mass is 313 g/mol. The third-order valence-corrected chi connectivity index (χ3v) is 3.28. The van der Waals surface area contributed by atoms with E-state index in [0.29, 0.717) is 11.4 Å². The highest BCUT2D eigenvalue weighted by Crippen LogP contribution is 2.25. The molecule has 0 saturated carbocycles. The second kappa shape index (κ2) is 7.03. The normalized spacial score (nSPS) is 31.6. The van der Waals surface area contributed by atoms with Crippen LogP contribution < -0.4 is 10.1 Å². The number of benzene rings is 1. The molecule has 0 unspecified atom stereocenters. The molecule has 122 valence electrons. The van der Waals surface area contributed by atoms with Crippen LogP contribution in [0, 0.1) is 0 Å². The van der Waals surface area contributed by atoms with E-state index in [-0.39, 0.29) is 5.91 Å². The fourth-order valence-corrected chi connectivity index (χ4v) is 2.12. The van der Waals surface area contributed by atoms with Crippen LogP contribution in [0.5, 0.6) is 5.75 Å². The Hall–Kier alpha value is -1.71. The molecule has 5 N–H and O–H groups in total. The Morgan fingerprint density at radius 3 is 2.36 bits per heavy atom. The van der Waals surface area contributed by atoms with Crippen LogP contribution in [0.1, 0.15) is 6.92 Å². The molecule has 5 atom stereocenters. The number of ether oxygens (including phenoxy) is 2. The van der Waals surface area contributed by atoms with Gasteiger partial charge in [-0.1, -0.05) is 0 Å². The van der Waals surface area contributed by atoms with Gasteiger partial charge in [-0.15, -0.1) is 0 Å². The molecule has 8 nitrogen and oxygen atoms in total. The van der Waals surface area contributed by atoms with Gasteiger partial charge in [0.05, 0.1) is 6.61 Å². The van der Waals surface area contributed by atoms with Gasteiger partial charge in [-0.3, -0.25) is 4.79 Å². The van der Waals surface area contributed by atoms with E-state index in [9.17, 15) is 20.1 Å². The minimum Gasteiger partial charge on any atom is -0.462 e. The quantitative estimate of drug-likeness (QED) is 0.473. The van der Waals surface area contributed by atoms with E-state index in [1.807, 2.05) is 0 Å². The molecule has 1 heterocycles. The van der Waals surface area contributed by atoms with Gasteiger partial charge in [0.25, 0.3) is 0 Å². The Labute approximate surface area is 126 Å². The van der Waals surface area contributed by atoms with Crippen LogP contribution in [0.3, 0.4) is 0 Å². The molecule has 1 aliphatic heterocycles. The van der Waals surface area contributed by atoms with Crippen molar-refractivity contribution in [2.75, 3.05) is 11.9 Å². The van der Waals surface area contributed by atoms with E-state index in [0.717, 1.165) is 0 Å². The summed E-state index contributed by atoms with van der Waals surface area (Å²) in [6, 6.07) is 6.29. The van der Waals surface area contributed by atoms with Crippen molar-refractivity contribution in [3.63, 3.8) is 0 Å². The number of aliphatic hydroxyl groups is 4. The minimum atomic E-state index is -1.49. The highest BCUT2D eigenvalue weighted by Gasteiger charge is 2.44. The summed E-state index contributed by atoms with van der Waals surface area (Å²) in [4.78, 5) is 10.9. The summed E-state index contributed by atoms with van der Waals surface area (Å²) < 4.78 is 10.6. The van der Waals surface area contributed by atoms with Gasteiger partial charge in [-0.25, -0.2) is 0 Å². The van der Waals surface area contributed by atoms with Gasteiger partial charge in [-0.05, 0) is 24.3 Å². The molecule has 1 fully saturated rings. The summed E-state index contributed by atoms with van der Waals surface area (Å²) in [5.41, 5.74) is 0.577. The van der Waals surface area contributed by atoms with E-state index in [4.69, 9.17) is 14.6 Å². The van der Waals surface area contributed by atoms with E-state index >= 15 is 0 Å². The number of carbonyl (C=O) groups is 1. The van der Waals surface area contributed by atoms with Crippen molar-refractivity contribution in [3.8, 4) is 5.75 Å². The molecule has 0 radical (unpaired) electrons. The molecule has 0 spiro atoms. The molecule has 8 heteroatoms.